The van der Waals surface area contributed by atoms with Crippen LogP contribution in [0.25, 0.3) is 5.57 Å². The molecule has 0 saturated heterocycles. The van der Waals surface area contributed by atoms with Gasteiger partial charge in [-0.1, -0.05) is 6.92 Å². The zero-order valence-corrected chi connectivity index (χ0v) is 14.2. The minimum absolute atomic E-state index is 0.150. The highest BCUT2D eigenvalue weighted by atomic mass is 19.1. The summed E-state index contributed by atoms with van der Waals surface area (Å²) in [7, 11) is 0. The third-order valence-electron chi connectivity index (χ3n) is 3.80. The number of hydrogen-bond donors (Lipinski definition) is 3. The van der Waals surface area contributed by atoms with Gasteiger partial charge in [-0.25, -0.2) is 4.39 Å². The lowest BCUT2D eigenvalue weighted by Gasteiger charge is -2.20. The van der Waals surface area contributed by atoms with Gasteiger partial charge in [0.2, 0.25) is 11.9 Å². The fraction of sp³-hybridized carbons (Fsp3) is 0.688. The van der Waals surface area contributed by atoms with Gasteiger partial charge in [0, 0.05) is 17.7 Å². The van der Waals surface area contributed by atoms with Gasteiger partial charge in [0.25, 0.3) is 0 Å². The lowest BCUT2D eigenvalue weighted by atomic mass is 9.96. The molecule has 1 heterocycles. The fourth-order valence-corrected chi connectivity index (χ4v) is 2.36. The van der Waals surface area contributed by atoms with Gasteiger partial charge in [0.15, 0.2) is 5.82 Å². The Bertz CT molecular complexity index is 576. The van der Waals surface area contributed by atoms with Crippen LogP contribution in [0, 0.1) is 0 Å². The molecule has 7 heteroatoms. The Hall–Kier alpha value is -1.76. The molecule has 1 aromatic heterocycles. The number of aromatic nitrogens is 3. The zero-order chi connectivity index (χ0) is 17.0. The van der Waals surface area contributed by atoms with E-state index in [0.717, 1.165) is 12.8 Å². The SMILES string of the molecule is CC[C@@H](C)Nc1nc(NC(C)C)nc(C2=C(F)C(O)CCC2)n1. The first-order chi connectivity index (χ1) is 10.9. The Kier molecular flexibility index (Phi) is 5.87. The average molecular weight is 323 g/mol. The second-order valence-electron chi connectivity index (χ2n) is 6.29. The van der Waals surface area contributed by atoms with E-state index in [1.54, 1.807) is 0 Å². The Morgan fingerprint density at radius 2 is 1.83 bits per heavy atom. The van der Waals surface area contributed by atoms with Crippen molar-refractivity contribution < 1.29 is 9.50 Å². The van der Waals surface area contributed by atoms with E-state index in [9.17, 15) is 9.50 Å². The Balaban J connectivity index is 2.41. The summed E-state index contributed by atoms with van der Waals surface area (Å²) < 4.78 is 14.3. The maximum Gasteiger partial charge on any atom is 0.228 e. The van der Waals surface area contributed by atoms with Crippen LogP contribution in [0.15, 0.2) is 5.83 Å². The zero-order valence-electron chi connectivity index (χ0n) is 14.2. The smallest absolute Gasteiger partial charge is 0.228 e. The van der Waals surface area contributed by atoms with Crippen molar-refractivity contribution in [2.75, 3.05) is 10.6 Å². The Morgan fingerprint density at radius 3 is 2.43 bits per heavy atom. The predicted molar refractivity (Wildman–Crippen MR) is 89.8 cm³/mol. The Labute approximate surface area is 136 Å². The van der Waals surface area contributed by atoms with Crippen LogP contribution < -0.4 is 10.6 Å². The maximum atomic E-state index is 14.3. The van der Waals surface area contributed by atoms with E-state index in [1.165, 1.54) is 0 Å². The minimum Gasteiger partial charge on any atom is -0.386 e. The summed E-state index contributed by atoms with van der Waals surface area (Å²) in [6, 6.07) is 0.352. The number of nitrogens with zero attached hydrogens (tertiary/aromatic N) is 3. The molecule has 6 nitrogen and oxygen atoms in total. The van der Waals surface area contributed by atoms with Crippen LogP contribution in [0.3, 0.4) is 0 Å². The molecule has 1 aliphatic rings. The van der Waals surface area contributed by atoms with E-state index in [2.05, 4.69) is 32.5 Å². The van der Waals surface area contributed by atoms with Gasteiger partial charge in [0.05, 0.1) is 0 Å². The summed E-state index contributed by atoms with van der Waals surface area (Å²) in [5, 5.41) is 16.1. The number of aliphatic hydroxyl groups excluding tert-OH is 1. The molecule has 0 aliphatic heterocycles. The molecule has 0 saturated carbocycles. The lowest BCUT2D eigenvalue weighted by Crippen LogP contribution is -2.21. The van der Waals surface area contributed by atoms with E-state index in [0.29, 0.717) is 36.1 Å². The van der Waals surface area contributed by atoms with E-state index in [4.69, 9.17) is 0 Å². The van der Waals surface area contributed by atoms with E-state index < -0.39 is 11.9 Å². The molecule has 2 rings (SSSR count). The molecule has 0 amide bonds. The molecule has 1 unspecified atom stereocenters. The topological polar surface area (TPSA) is 83.0 Å². The molecule has 2 atom stereocenters. The van der Waals surface area contributed by atoms with E-state index in [-0.39, 0.29) is 12.1 Å². The summed E-state index contributed by atoms with van der Waals surface area (Å²) >= 11 is 0. The van der Waals surface area contributed by atoms with Crippen molar-refractivity contribution in [1.29, 1.82) is 0 Å². The molecule has 0 fully saturated rings. The number of allylic oxidation sites excluding steroid dienone is 1. The largest absolute Gasteiger partial charge is 0.386 e. The first-order valence-electron chi connectivity index (χ1n) is 8.26. The van der Waals surface area contributed by atoms with Crippen molar-refractivity contribution in [2.24, 2.45) is 0 Å². The van der Waals surface area contributed by atoms with Crippen LogP contribution >= 0.6 is 0 Å². The second-order valence-corrected chi connectivity index (χ2v) is 6.29. The summed E-state index contributed by atoms with van der Waals surface area (Å²) in [5.74, 6) is 0.613. The number of hydrogen-bond acceptors (Lipinski definition) is 6. The quantitative estimate of drug-likeness (QED) is 0.746. The molecule has 128 valence electrons. The monoisotopic (exact) mass is 323 g/mol. The molecule has 0 spiro atoms. The Morgan fingerprint density at radius 1 is 1.17 bits per heavy atom. The summed E-state index contributed by atoms with van der Waals surface area (Å²) in [6.45, 7) is 8.06. The third-order valence-corrected chi connectivity index (χ3v) is 3.80. The molecule has 0 aromatic carbocycles. The molecule has 3 N–H and O–H groups in total. The number of aliphatic hydroxyl groups is 1. The van der Waals surface area contributed by atoms with Gasteiger partial charge >= 0.3 is 0 Å². The number of halogens is 1. The summed E-state index contributed by atoms with van der Waals surface area (Å²) in [6.07, 6.45) is 1.55. The van der Waals surface area contributed by atoms with E-state index >= 15 is 0 Å². The van der Waals surface area contributed by atoms with Gasteiger partial charge in [-0.3, -0.25) is 0 Å². The first kappa shape index (κ1) is 17.6. The van der Waals surface area contributed by atoms with Crippen LogP contribution in [-0.2, 0) is 0 Å². The van der Waals surface area contributed by atoms with Crippen LogP contribution in [0.4, 0.5) is 16.3 Å². The fourth-order valence-electron chi connectivity index (χ4n) is 2.36. The normalized spacial score (nSPS) is 19.9. The van der Waals surface area contributed by atoms with Crippen molar-refractivity contribution in [3.05, 3.63) is 11.7 Å². The molecule has 0 bridgehead atoms. The third kappa shape index (κ3) is 4.60. The lowest BCUT2D eigenvalue weighted by molar-refractivity contribution is 0.165. The van der Waals surface area contributed by atoms with Crippen LogP contribution in [0.2, 0.25) is 0 Å². The number of anilines is 2. The minimum atomic E-state index is -1.05. The van der Waals surface area contributed by atoms with Crippen molar-refractivity contribution in [1.82, 2.24) is 15.0 Å². The van der Waals surface area contributed by atoms with Crippen LogP contribution in [-0.4, -0.2) is 38.2 Å². The maximum absolute atomic E-state index is 14.3. The average Bonchev–Trinajstić information content (AvgIpc) is 2.49. The molecule has 1 aromatic rings. The second kappa shape index (κ2) is 7.68. The molecule has 0 radical (unpaired) electrons. The first-order valence-corrected chi connectivity index (χ1v) is 8.26. The van der Waals surface area contributed by atoms with Gasteiger partial charge < -0.3 is 15.7 Å². The van der Waals surface area contributed by atoms with Crippen molar-refractivity contribution >= 4 is 17.5 Å². The van der Waals surface area contributed by atoms with Gasteiger partial charge in [-0.2, -0.15) is 15.0 Å². The van der Waals surface area contributed by atoms with Gasteiger partial charge in [0.1, 0.15) is 11.9 Å². The van der Waals surface area contributed by atoms with Crippen LogP contribution in [0.5, 0.6) is 0 Å². The van der Waals surface area contributed by atoms with Gasteiger partial charge in [-0.15, -0.1) is 0 Å². The van der Waals surface area contributed by atoms with Crippen molar-refractivity contribution in [2.45, 2.75) is 71.6 Å². The highest BCUT2D eigenvalue weighted by Gasteiger charge is 2.25. The number of rotatable bonds is 6. The highest BCUT2D eigenvalue weighted by molar-refractivity contribution is 5.65. The summed E-state index contributed by atoms with van der Waals surface area (Å²) in [4.78, 5) is 13.0. The molecule has 23 heavy (non-hydrogen) atoms. The predicted octanol–water partition coefficient (Wildman–Crippen LogP) is 3.13. The summed E-state index contributed by atoms with van der Waals surface area (Å²) in [5.41, 5.74) is 0.380. The van der Waals surface area contributed by atoms with Crippen molar-refractivity contribution in [3.63, 3.8) is 0 Å². The van der Waals surface area contributed by atoms with Crippen molar-refractivity contribution in [3.8, 4) is 0 Å². The molecular weight excluding hydrogens is 297 g/mol. The van der Waals surface area contributed by atoms with Gasteiger partial charge in [-0.05, 0) is 46.5 Å². The standard InChI is InChI=1S/C16H26FN5O/c1-5-10(4)19-16-21-14(20-15(22-16)18-9(2)3)11-7-6-8-12(23)13(11)17/h9-10,12,23H,5-8H2,1-4H3,(H2,18,19,20,21,22)/t10-,12?/m1/s1. The number of nitrogens with one attached hydrogen (secondary N) is 2. The van der Waals surface area contributed by atoms with E-state index in [1.807, 2.05) is 20.8 Å². The highest BCUT2D eigenvalue weighted by Crippen LogP contribution is 2.32. The molecule has 1 aliphatic carbocycles. The van der Waals surface area contributed by atoms with Crippen LogP contribution in [0.1, 0.15) is 59.2 Å². The molecular formula is C16H26FN5O.